The van der Waals surface area contributed by atoms with Crippen LogP contribution in [0.25, 0.3) is 0 Å². The molecular weight excluding hydrogens is 1070 g/mol. The molecule has 2 atom stereocenters. The van der Waals surface area contributed by atoms with Crippen LogP contribution < -0.4 is 5.32 Å². The Morgan fingerprint density at radius 2 is 0.575 bits per heavy atom. The third kappa shape index (κ3) is 73.0. The third-order valence-corrected chi connectivity index (χ3v) is 18.7. The highest BCUT2D eigenvalue weighted by Gasteiger charge is 2.18. The van der Waals surface area contributed by atoms with Gasteiger partial charge < -0.3 is 20.3 Å². The molecule has 0 rings (SSSR count). The van der Waals surface area contributed by atoms with Crippen molar-refractivity contribution < 1.29 is 24.5 Å². The van der Waals surface area contributed by atoms with Gasteiger partial charge in [-0.05, 0) is 64.2 Å². The Morgan fingerprint density at radius 1 is 0.322 bits per heavy atom. The zero-order valence-electron chi connectivity index (χ0n) is 59.0. The Kier molecular flexibility index (Phi) is 74.8. The van der Waals surface area contributed by atoms with E-state index in [1.807, 2.05) is 6.08 Å². The second-order valence-electron chi connectivity index (χ2n) is 27.4. The van der Waals surface area contributed by atoms with E-state index >= 15 is 0 Å². The maximum atomic E-state index is 12.5. The Balaban J connectivity index is 3.38. The molecule has 0 aromatic rings. The van der Waals surface area contributed by atoms with Gasteiger partial charge in [-0.3, -0.25) is 9.59 Å². The number of carbonyl (C=O) groups excluding carboxylic acids is 2. The fourth-order valence-electron chi connectivity index (χ4n) is 12.6. The topological polar surface area (TPSA) is 95.9 Å². The van der Waals surface area contributed by atoms with E-state index in [-0.39, 0.29) is 18.5 Å². The van der Waals surface area contributed by atoms with E-state index in [0.717, 1.165) is 44.9 Å². The smallest absolute Gasteiger partial charge is 0.305 e. The Hall–Kier alpha value is -1.92. The fourth-order valence-corrected chi connectivity index (χ4v) is 12.6. The van der Waals surface area contributed by atoms with Crippen molar-refractivity contribution in [2.24, 2.45) is 0 Å². The molecule has 6 heteroatoms. The van der Waals surface area contributed by atoms with Crippen LogP contribution in [0.5, 0.6) is 0 Å². The lowest BCUT2D eigenvalue weighted by Crippen LogP contribution is -2.45. The second-order valence-corrected chi connectivity index (χ2v) is 27.4. The number of hydrogen-bond acceptors (Lipinski definition) is 5. The fraction of sp³-hybridized carbons (Fsp3) is 0.901. The zero-order chi connectivity index (χ0) is 62.8. The number of amides is 1. The summed E-state index contributed by atoms with van der Waals surface area (Å²) >= 11 is 0. The number of carbonyl (C=O) groups is 2. The molecule has 0 aliphatic rings. The predicted molar refractivity (Wildman–Crippen MR) is 384 cm³/mol. The summed E-state index contributed by atoms with van der Waals surface area (Å²) in [5.74, 6) is -0.0402. The van der Waals surface area contributed by atoms with E-state index in [1.165, 1.54) is 372 Å². The molecule has 0 spiro atoms. The van der Waals surface area contributed by atoms with Gasteiger partial charge >= 0.3 is 5.97 Å². The molecule has 87 heavy (non-hydrogen) atoms. The van der Waals surface area contributed by atoms with E-state index in [0.29, 0.717) is 19.4 Å². The molecular formula is C81H155NO5. The van der Waals surface area contributed by atoms with Crippen LogP contribution in [0.15, 0.2) is 36.5 Å². The predicted octanol–water partition coefficient (Wildman–Crippen LogP) is 26.2. The van der Waals surface area contributed by atoms with Crippen molar-refractivity contribution in [3.8, 4) is 0 Å². The van der Waals surface area contributed by atoms with Crippen LogP contribution in [0.4, 0.5) is 0 Å². The molecule has 0 saturated heterocycles. The van der Waals surface area contributed by atoms with Gasteiger partial charge in [0.2, 0.25) is 5.91 Å². The number of unbranched alkanes of at least 4 members (excludes halogenated alkanes) is 60. The average Bonchev–Trinajstić information content (AvgIpc) is 3.57. The summed E-state index contributed by atoms with van der Waals surface area (Å²) in [5.41, 5.74) is 0. The van der Waals surface area contributed by atoms with Crippen molar-refractivity contribution in [3.05, 3.63) is 36.5 Å². The standard InChI is InChI=1S/C81H155NO5/c1-3-5-7-9-11-13-15-17-18-19-20-40-43-46-50-53-57-61-65-69-73-79(84)78(77-83)82-80(85)74-70-66-62-58-54-51-47-44-41-38-36-34-32-30-28-26-24-22-21-23-25-27-29-31-33-35-37-39-42-45-48-52-56-60-64-68-72-76-87-81(86)75-71-67-63-59-55-49-16-14-12-10-8-6-4-2/h21,23,27,29,69,73,78-79,83-84H,3-20,22,24-26,28,30-68,70-72,74-77H2,1-2H3,(H,82,85)/b23-21-,29-27-,73-69+. The molecule has 0 bridgehead atoms. The molecule has 6 nitrogen and oxygen atoms in total. The van der Waals surface area contributed by atoms with Gasteiger partial charge in [-0.15, -0.1) is 0 Å². The Labute approximate surface area is 544 Å². The van der Waals surface area contributed by atoms with Crippen LogP contribution in [0, 0.1) is 0 Å². The zero-order valence-corrected chi connectivity index (χ0v) is 59.0. The highest BCUT2D eigenvalue weighted by Crippen LogP contribution is 2.20. The molecule has 0 aliphatic heterocycles. The Morgan fingerprint density at radius 3 is 0.874 bits per heavy atom. The van der Waals surface area contributed by atoms with Crippen LogP contribution in [0.2, 0.25) is 0 Å². The van der Waals surface area contributed by atoms with Crippen LogP contribution in [0.3, 0.4) is 0 Å². The number of hydrogen-bond donors (Lipinski definition) is 3. The largest absolute Gasteiger partial charge is 0.466 e. The molecule has 0 aromatic heterocycles. The number of aliphatic hydroxyl groups excluding tert-OH is 2. The summed E-state index contributed by atoms with van der Waals surface area (Å²) in [6, 6.07) is -0.627. The van der Waals surface area contributed by atoms with Gasteiger partial charge in [-0.1, -0.05) is 403 Å². The van der Waals surface area contributed by atoms with Crippen molar-refractivity contribution in [1.82, 2.24) is 5.32 Å². The summed E-state index contributed by atoms with van der Waals surface area (Å²) in [6.07, 6.45) is 99.9. The molecule has 2 unspecified atom stereocenters. The summed E-state index contributed by atoms with van der Waals surface area (Å²) in [7, 11) is 0. The molecule has 514 valence electrons. The van der Waals surface area contributed by atoms with Gasteiger partial charge in [0, 0.05) is 12.8 Å². The van der Waals surface area contributed by atoms with E-state index in [1.54, 1.807) is 6.08 Å². The molecule has 0 fully saturated rings. The van der Waals surface area contributed by atoms with E-state index < -0.39 is 12.1 Å². The lowest BCUT2D eigenvalue weighted by atomic mass is 10.0. The van der Waals surface area contributed by atoms with Crippen molar-refractivity contribution in [2.75, 3.05) is 13.2 Å². The van der Waals surface area contributed by atoms with Crippen LogP contribution in [0.1, 0.15) is 444 Å². The lowest BCUT2D eigenvalue weighted by molar-refractivity contribution is -0.143. The first kappa shape index (κ1) is 85.1. The van der Waals surface area contributed by atoms with Gasteiger partial charge in [0.05, 0.1) is 25.4 Å². The van der Waals surface area contributed by atoms with Crippen LogP contribution >= 0.6 is 0 Å². The van der Waals surface area contributed by atoms with Crippen molar-refractivity contribution in [1.29, 1.82) is 0 Å². The van der Waals surface area contributed by atoms with Gasteiger partial charge in [-0.25, -0.2) is 0 Å². The first-order chi connectivity index (χ1) is 43.0. The highest BCUT2D eigenvalue weighted by atomic mass is 16.5. The van der Waals surface area contributed by atoms with Crippen molar-refractivity contribution in [3.63, 3.8) is 0 Å². The maximum Gasteiger partial charge on any atom is 0.305 e. The van der Waals surface area contributed by atoms with Crippen LogP contribution in [-0.4, -0.2) is 47.4 Å². The van der Waals surface area contributed by atoms with Gasteiger partial charge in [0.1, 0.15) is 0 Å². The minimum atomic E-state index is -0.844. The number of aliphatic hydroxyl groups is 2. The van der Waals surface area contributed by atoms with Crippen LogP contribution in [-0.2, 0) is 14.3 Å². The van der Waals surface area contributed by atoms with Gasteiger partial charge in [0.15, 0.2) is 0 Å². The number of allylic oxidation sites excluding steroid dienone is 5. The number of ether oxygens (including phenoxy) is 1. The van der Waals surface area contributed by atoms with Gasteiger partial charge in [-0.2, -0.15) is 0 Å². The lowest BCUT2D eigenvalue weighted by Gasteiger charge is -2.20. The Bertz CT molecular complexity index is 1410. The molecule has 0 radical (unpaired) electrons. The summed E-state index contributed by atoms with van der Waals surface area (Å²) < 4.78 is 5.49. The minimum absolute atomic E-state index is 0.0208. The van der Waals surface area contributed by atoms with Crippen molar-refractivity contribution >= 4 is 11.9 Å². The summed E-state index contributed by atoms with van der Waals surface area (Å²) in [5, 5.41) is 23.3. The molecule has 0 saturated carbocycles. The normalized spacial score (nSPS) is 12.6. The molecule has 0 heterocycles. The van der Waals surface area contributed by atoms with E-state index in [9.17, 15) is 19.8 Å². The van der Waals surface area contributed by atoms with Crippen molar-refractivity contribution in [2.45, 2.75) is 456 Å². The first-order valence-electron chi connectivity index (χ1n) is 39.8. The number of esters is 1. The quantitative estimate of drug-likeness (QED) is 0.0320. The maximum absolute atomic E-state index is 12.5. The highest BCUT2D eigenvalue weighted by molar-refractivity contribution is 5.76. The molecule has 0 aromatic carbocycles. The molecule has 0 aliphatic carbocycles. The number of nitrogens with one attached hydrogen (secondary N) is 1. The van der Waals surface area contributed by atoms with E-state index in [4.69, 9.17) is 4.74 Å². The van der Waals surface area contributed by atoms with Gasteiger partial charge in [0.25, 0.3) is 0 Å². The number of rotatable bonds is 75. The monoisotopic (exact) mass is 1220 g/mol. The minimum Gasteiger partial charge on any atom is -0.466 e. The second kappa shape index (κ2) is 76.5. The SMILES string of the molecule is CCCCCCCCCCCCCCCCCCCC/C=C/C(O)C(CO)NC(=O)CCCCCCCCCCCCCCCCCCC/C=C\C/C=C\CCCCCCCCCCCCCCCOC(=O)CCCCCCCCCCCCCCC. The third-order valence-electron chi connectivity index (χ3n) is 18.7. The first-order valence-corrected chi connectivity index (χ1v) is 39.8. The summed E-state index contributed by atoms with van der Waals surface area (Å²) in [6.45, 7) is 4.95. The molecule has 3 N–H and O–H groups in total. The average molecular weight is 1220 g/mol. The summed E-state index contributed by atoms with van der Waals surface area (Å²) in [4.78, 5) is 24.6. The van der Waals surface area contributed by atoms with E-state index in [2.05, 4.69) is 43.5 Å². The molecule has 1 amide bonds.